The van der Waals surface area contributed by atoms with Crippen molar-refractivity contribution in [3.05, 3.63) is 59.2 Å². The average Bonchev–Trinajstić information content (AvgIpc) is 2.45. The van der Waals surface area contributed by atoms with Gasteiger partial charge in [-0.15, -0.1) is 0 Å². The number of anilines is 2. The number of hydrogen-bond donors (Lipinski definition) is 2. The third-order valence-electron chi connectivity index (χ3n) is 3.40. The summed E-state index contributed by atoms with van der Waals surface area (Å²) in [6.45, 7) is 5.83. The van der Waals surface area contributed by atoms with Gasteiger partial charge in [0.15, 0.2) is 0 Å². The molecule has 0 radical (unpaired) electrons. The lowest BCUT2D eigenvalue weighted by atomic mass is 10.1. The van der Waals surface area contributed by atoms with Gasteiger partial charge in [0.25, 0.3) is 0 Å². The van der Waals surface area contributed by atoms with Gasteiger partial charge in [-0.3, -0.25) is 9.59 Å². The summed E-state index contributed by atoms with van der Waals surface area (Å²) in [4.78, 5) is 23.9. The number of rotatable bonds is 4. The van der Waals surface area contributed by atoms with Gasteiger partial charge in [0, 0.05) is 11.4 Å². The molecule has 2 amide bonds. The maximum atomic E-state index is 12.0. The molecule has 0 fully saturated rings. The van der Waals surface area contributed by atoms with Gasteiger partial charge in [0.05, 0.1) is 0 Å². The minimum absolute atomic E-state index is 0.207. The van der Waals surface area contributed by atoms with Crippen LogP contribution < -0.4 is 10.6 Å². The van der Waals surface area contributed by atoms with Gasteiger partial charge in [-0.1, -0.05) is 35.9 Å². The molecule has 114 valence electrons. The number of benzene rings is 2. The summed E-state index contributed by atoms with van der Waals surface area (Å²) in [6.07, 6.45) is -0.207. The fourth-order valence-corrected chi connectivity index (χ4v) is 2.18. The van der Waals surface area contributed by atoms with E-state index in [9.17, 15) is 9.59 Å². The molecule has 0 atom stereocenters. The second-order valence-electron chi connectivity index (χ2n) is 5.41. The normalized spacial score (nSPS) is 10.1. The number of carbonyl (C=O) groups excluding carboxylic acids is 2. The van der Waals surface area contributed by atoms with E-state index in [1.165, 1.54) is 0 Å². The van der Waals surface area contributed by atoms with Crippen LogP contribution in [0, 0.1) is 20.8 Å². The summed E-state index contributed by atoms with van der Waals surface area (Å²) in [6, 6.07) is 13.2. The van der Waals surface area contributed by atoms with Crippen molar-refractivity contribution < 1.29 is 9.59 Å². The van der Waals surface area contributed by atoms with E-state index in [4.69, 9.17) is 0 Å². The van der Waals surface area contributed by atoms with Crippen LogP contribution in [-0.4, -0.2) is 11.8 Å². The van der Waals surface area contributed by atoms with Crippen molar-refractivity contribution in [1.82, 2.24) is 0 Å². The Kier molecular flexibility index (Phi) is 4.94. The van der Waals surface area contributed by atoms with Crippen molar-refractivity contribution in [2.45, 2.75) is 27.2 Å². The molecule has 22 heavy (non-hydrogen) atoms. The van der Waals surface area contributed by atoms with Crippen LogP contribution in [0.1, 0.15) is 23.1 Å². The quantitative estimate of drug-likeness (QED) is 0.847. The molecular weight excluding hydrogens is 276 g/mol. The number of carbonyl (C=O) groups is 2. The zero-order chi connectivity index (χ0) is 16.1. The molecule has 2 aromatic carbocycles. The summed E-state index contributed by atoms with van der Waals surface area (Å²) in [5.41, 5.74) is 4.54. The topological polar surface area (TPSA) is 58.2 Å². The molecule has 0 aliphatic carbocycles. The minimum Gasteiger partial charge on any atom is -0.326 e. The van der Waals surface area contributed by atoms with Crippen LogP contribution in [0.4, 0.5) is 11.4 Å². The van der Waals surface area contributed by atoms with E-state index in [2.05, 4.69) is 10.6 Å². The molecule has 2 aromatic rings. The van der Waals surface area contributed by atoms with Crippen LogP contribution in [0.25, 0.3) is 0 Å². The predicted molar refractivity (Wildman–Crippen MR) is 89.0 cm³/mol. The van der Waals surface area contributed by atoms with Crippen molar-refractivity contribution >= 4 is 23.2 Å². The first-order valence-electron chi connectivity index (χ1n) is 7.18. The minimum atomic E-state index is -0.326. The monoisotopic (exact) mass is 296 g/mol. The fraction of sp³-hybridized carbons (Fsp3) is 0.222. The highest BCUT2D eigenvalue weighted by Crippen LogP contribution is 2.19. The van der Waals surface area contributed by atoms with Gasteiger partial charge in [-0.05, 0) is 44.0 Å². The first-order valence-corrected chi connectivity index (χ1v) is 7.18. The number of amides is 2. The maximum Gasteiger partial charge on any atom is 0.233 e. The van der Waals surface area contributed by atoms with Crippen LogP contribution in [0.15, 0.2) is 42.5 Å². The molecule has 0 spiro atoms. The van der Waals surface area contributed by atoms with Gasteiger partial charge in [-0.2, -0.15) is 0 Å². The Bertz CT molecular complexity index is 670. The molecule has 2 rings (SSSR count). The fourth-order valence-electron chi connectivity index (χ4n) is 2.18. The molecule has 0 aliphatic heterocycles. The van der Waals surface area contributed by atoms with Crippen molar-refractivity contribution in [2.24, 2.45) is 0 Å². The summed E-state index contributed by atoms with van der Waals surface area (Å²) >= 11 is 0. The van der Waals surface area contributed by atoms with Gasteiger partial charge in [0.1, 0.15) is 6.42 Å². The number of aryl methyl sites for hydroxylation is 3. The van der Waals surface area contributed by atoms with Gasteiger partial charge < -0.3 is 10.6 Å². The second-order valence-corrected chi connectivity index (χ2v) is 5.41. The molecule has 4 nitrogen and oxygen atoms in total. The summed E-state index contributed by atoms with van der Waals surface area (Å²) in [7, 11) is 0. The predicted octanol–water partition coefficient (Wildman–Crippen LogP) is 3.58. The first kappa shape index (κ1) is 15.8. The highest BCUT2D eigenvalue weighted by molar-refractivity contribution is 6.08. The molecule has 0 heterocycles. The van der Waals surface area contributed by atoms with Crippen molar-refractivity contribution in [2.75, 3.05) is 10.6 Å². The highest BCUT2D eigenvalue weighted by Gasteiger charge is 2.12. The zero-order valence-corrected chi connectivity index (χ0v) is 13.1. The standard InChI is InChI=1S/C18H20N2O2/c1-12-7-9-15(10-8-12)19-16(21)11-17(22)20-18-13(2)5-4-6-14(18)3/h4-10H,11H2,1-3H3,(H,19,21)(H,20,22). The van der Waals surface area contributed by atoms with Gasteiger partial charge in [-0.25, -0.2) is 0 Å². The maximum absolute atomic E-state index is 12.0. The third kappa shape index (κ3) is 4.19. The Morgan fingerprint density at radius 2 is 1.36 bits per heavy atom. The van der Waals surface area contributed by atoms with Crippen LogP contribution in [0.2, 0.25) is 0 Å². The van der Waals surface area contributed by atoms with Crippen LogP contribution in [-0.2, 0) is 9.59 Å². The smallest absolute Gasteiger partial charge is 0.233 e. The number of hydrogen-bond acceptors (Lipinski definition) is 2. The summed E-state index contributed by atoms with van der Waals surface area (Å²) in [5.74, 6) is -0.644. The Morgan fingerprint density at radius 1 is 0.818 bits per heavy atom. The van der Waals surface area contributed by atoms with Gasteiger partial charge in [0.2, 0.25) is 11.8 Å². The average molecular weight is 296 g/mol. The van der Waals surface area contributed by atoms with Crippen LogP contribution in [0.3, 0.4) is 0 Å². The Labute approximate surface area is 130 Å². The SMILES string of the molecule is Cc1ccc(NC(=O)CC(=O)Nc2c(C)cccc2C)cc1. The Balaban J connectivity index is 1.94. The second kappa shape index (κ2) is 6.89. The van der Waals surface area contributed by atoms with E-state index < -0.39 is 0 Å². The molecule has 0 saturated carbocycles. The lowest BCUT2D eigenvalue weighted by molar-refractivity contribution is -0.123. The highest BCUT2D eigenvalue weighted by atomic mass is 16.2. The molecular formula is C18H20N2O2. The molecule has 2 N–H and O–H groups in total. The summed E-state index contributed by atoms with van der Waals surface area (Å²) in [5, 5.41) is 5.52. The third-order valence-corrected chi connectivity index (χ3v) is 3.40. The molecule has 0 aliphatic rings. The van der Waals surface area contributed by atoms with E-state index in [0.717, 1.165) is 22.4 Å². The van der Waals surface area contributed by atoms with Crippen molar-refractivity contribution in [1.29, 1.82) is 0 Å². The lowest BCUT2D eigenvalue weighted by Gasteiger charge is -2.11. The molecule has 0 unspecified atom stereocenters. The molecule has 0 bridgehead atoms. The Hall–Kier alpha value is -2.62. The van der Waals surface area contributed by atoms with E-state index in [1.807, 2.05) is 63.2 Å². The molecule has 4 heteroatoms. The van der Waals surface area contributed by atoms with Crippen molar-refractivity contribution in [3.63, 3.8) is 0 Å². The van der Waals surface area contributed by atoms with E-state index in [1.54, 1.807) is 0 Å². The Morgan fingerprint density at radius 3 is 1.95 bits per heavy atom. The number of para-hydroxylation sites is 1. The largest absolute Gasteiger partial charge is 0.326 e. The number of nitrogens with one attached hydrogen (secondary N) is 2. The first-order chi connectivity index (χ1) is 10.5. The summed E-state index contributed by atoms with van der Waals surface area (Å²) < 4.78 is 0. The van der Waals surface area contributed by atoms with Crippen molar-refractivity contribution in [3.8, 4) is 0 Å². The lowest BCUT2D eigenvalue weighted by Crippen LogP contribution is -2.22. The zero-order valence-electron chi connectivity index (χ0n) is 13.1. The molecule has 0 aromatic heterocycles. The van der Waals surface area contributed by atoms with E-state index in [0.29, 0.717) is 5.69 Å². The van der Waals surface area contributed by atoms with Crippen LogP contribution >= 0.6 is 0 Å². The molecule has 0 saturated heterocycles. The van der Waals surface area contributed by atoms with E-state index >= 15 is 0 Å². The van der Waals surface area contributed by atoms with Gasteiger partial charge >= 0.3 is 0 Å². The van der Waals surface area contributed by atoms with E-state index in [-0.39, 0.29) is 18.2 Å². The van der Waals surface area contributed by atoms with Crippen LogP contribution in [0.5, 0.6) is 0 Å².